The summed E-state index contributed by atoms with van der Waals surface area (Å²) in [4.78, 5) is 30.0. The van der Waals surface area contributed by atoms with E-state index in [1.165, 1.54) is 0 Å². The summed E-state index contributed by atoms with van der Waals surface area (Å²) in [6.45, 7) is 2.67. The van der Waals surface area contributed by atoms with Crippen LogP contribution in [0, 0.1) is 6.92 Å². The molecule has 4 aromatic rings. The van der Waals surface area contributed by atoms with Crippen LogP contribution in [0.5, 0.6) is 0 Å². The summed E-state index contributed by atoms with van der Waals surface area (Å²) in [5.41, 5.74) is 5.44. The van der Waals surface area contributed by atoms with Gasteiger partial charge in [-0.1, -0.05) is 12.1 Å². The summed E-state index contributed by atoms with van der Waals surface area (Å²) in [5.74, 6) is -0.425. The highest BCUT2D eigenvalue weighted by Crippen LogP contribution is 2.30. The van der Waals surface area contributed by atoms with Crippen LogP contribution >= 0.6 is 11.3 Å². The molecule has 7 nitrogen and oxygen atoms in total. The molecule has 3 aromatic heterocycles. The Kier molecular flexibility index (Phi) is 5.92. The smallest absolute Gasteiger partial charge is 0.270 e. The Labute approximate surface area is 195 Å². The van der Waals surface area contributed by atoms with E-state index in [4.69, 9.17) is 0 Å². The zero-order valence-corrected chi connectivity index (χ0v) is 19.2. The van der Waals surface area contributed by atoms with Crippen molar-refractivity contribution in [3.63, 3.8) is 0 Å². The normalized spacial score (nSPS) is 16.4. The van der Waals surface area contributed by atoms with Gasteiger partial charge in [0.05, 0.1) is 15.9 Å². The molecular weight excluding hydrogens is 434 g/mol. The molecule has 0 bridgehead atoms. The summed E-state index contributed by atoms with van der Waals surface area (Å²) in [5, 5.41) is 12.1. The number of nitrogens with one attached hydrogen (secondary N) is 2. The van der Waals surface area contributed by atoms with Crippen LogP contribution < -0.4 is 10.6 Å². The van der Waals surface area contributed by atoms with Crippen molar-refractivity contribution in [3.8, 4) is 5.69 Å². The van der Waals surface area contributed by atoms with Gasteiger partial charge < -0.3 is 10.6 Å². The summed E-state index contributed by atoms with van der Waals surface area (Å²) >= 11 is 1.65. The molecule has 168 valence electrons. The van der Waals surface area contributed by atoms with Gasteiger partial charge in [0.2, 0.25) is 5.91 Å². The first kappa shape index (κ1) is 21.3. The van der Waals surface area contributed by atoms with E-state index in [1.807, 2.05) is 42.1 Å². The van der Waals surface area contributed by atoms with E-state index in [-0.39, 0.29) is 11.8 Å². The summed E-state index contributed by atoms with van der Waals surface area (Å²) < 4.78 is 2.91. The average Bonchev–Trinajstić information content (AvgIpc) is 3.44. The van der Waals surface area contributed by atoms with E-state index in [0.717, 1.165) is 45.4 Å². The van der Waals surface area contributed by atoms with Crippen LogP contribution in [0.1, 0.15) is 46.4 Å². The SMILES string of the molecule is Cc1csc2c(Cc3ccc(-n4cccn4)cc3)cc(C(=O)NC3CCCCNC3=O)nc12. The fourth-order valence-corrected chi connectivity index (χ4v) is 5.16. The molecule has 1 saturated heterocycles. The van der Waals surface area contributed by atoms with E-state index < -0.39 is 6.04 Å². The average molecular weight is 460 g/mol. The highest BCUT2D eigenvalue weighted by Gasteiger charge is 2.24. The number of carbonyl (C=O) groups is 2. The van der Waals surface area contributed by atoms with Crippen LogP contribution in [0.2, 0.25) is 0 Å². The van der Waals surface area contributed by atoms with Crippen LogP contribution in [0.3, 0.4) is 0 Å². The fraction of sp³-hybridized carbons (Fsp3) is 0.280. The van der Waals surface area contributed by atoms with Crippen molar-refractivity contribution >= 4 is 33.4 Å². The van der Waals surface area contributed by atoms with E-state index in [9.17, 15) is 9.59 Å². The van der Waals surface area contributed by atoms with E-state index in [2.05, 4.69) is 38.2 Å². The number of aromatic nitrogens is 3. The molecule has 1 aliphatic rings. The maximum atomic E-state index is 13.1. The maximum Gasteiger partial charge on any atom is 0.270 e. The summed E-state index contributed by atoms with van der Waals surface area (Å²) in [7, 11) is 0. The molecule has 1 aliphatic heterocycles. The third kappa shape index (κ3) is 4.52. The summed E-state index contributed by atoms with van der Waals surface area (Å²) in [6, 6.07) is 11.5. The van der Waals surface area contributed by atoms with Crippen LogP contribution in [-0.4, -0.2) is 39.2 Å². The number of nitrogens with zero attached hydrogens (tertiary/aromatic N) is 3. The van der Waals surface area contributed by atoms with E-state index in [1.54, 1.807) is 17.5 Å². The second-order valence-electron chi connectivity index (χ2n) is 8.37. The lowest BCUT2D eigenvalue weighted by molar-refractivity contribution is -0.122. The minimum Gasteiger partial charge on any atom is -0.354 e. The molecule has 1 atom stereocenters. The lowest BCUT2D eigenvalue weighted by Crippen LogP contribution is -2.45. The van der Waals surface area contributed by atoms with Crippen LogP contribution in [0.15, 0.2) is 54.2 Å². The number of hydrogen-bond acceptors (Lipinski definition) is 5. The minimum absolute atomic E-state index is 0.119. The molecular formula is C25H25N5O2S. The molecule has 1 fully saturated rings. The molecule has 1 unspecified atom stereocenters. The number of thiophene rings is 1. The van der Waals surface area contributed by atoms with Gasteiger partial charge in [-0.2, -0.15) is 5.10 Å². The van der Waals surface area contributed by atoms with Gasteiger partial charge in [-0.15, -0.1) is 11.3 Å². The van der Waals surface area contributed by atoms with Crippen molar-refractivity contribution in [1.29, 1.82) is 0 Å². The van der Waals surface area contributed by atoms with Crippen molar-refractivity contribution in [3.05, 3.63) is 76.6 Å². The molecule has 2 N–H and O–H groups in total. The first-order chi connectivity index (χ1) is 16.1. The Morgan fingerprint density at radius 2 is 2.12 bits per heavy atom. The Morgan fingerprint density at radius 1 is 1.27 bits per heavy atom. The topological polar surface area (TPSA) is 88.9 Å². The second-order valence-corrected chi connectivity index (χ2v) is 9.25. The molecule has 0 radical (unpaired) electrons. The Balaban J connectivity index is 1.42. The third-order valence-corrected chi connectivity index (χ3v) is 7.11. The quantitative estimate of drug-likeness (QED) is 0.475. The summed E-state index contributed by atoms with van der Waals surface area (Å²) in [6.07, 6.45) is 6.83. The van der Waals surface area contributed by atoms with Crippen molar-refractivity contribution < 1.29 is 9.59 Å². The molecule has 0 aliphatic carbocycles. The molecule has 0 spiro atoms. The van der Waals surface area contributed by atoms with Crippen LogP contribution in [0.25, 0.3) is 15.9 Å². The van der Waals surface area contributed by atoms with Crippen molar-refractivity contribution in [2.24, 2.45) is 0 Å². The van der Waals surface area contributed by atoms with Gasteiger partial charge in [0.15, 0.2) is 0 Å². The molecule has 5 rings (SSSR count). The zero-order chi connectivity index (χ0) is 22.8. The number of fused-ring (bicyclic) bond motifs is 1. The van der Waals surface area contributed by atoms with Gasteiger partial charge in [-0.25, -0.2) is 9.67 Å². The van der Waals surface area contributed by atoms with Crippen molar-refractivity contribution in [1.82, 2.24) is 25.4 Å². The molecule has 8 heteroatoms. The number of rotatable bonds is 5. The second kappa shape index (κ2) is 9.15. The molecule has 2 amide bonds. The lowest BCUT2D eigenvalue weighted by Gasteiger charge is -2.15. The van der Waals surface area contributed by atoms with Gasteiger partial charge in [0.1, 0.15) is 11.7 Å². The van der Waals surface area contributed by atoms with E-state index in [0.29, 0.717) is 25.1 Å². The highest BCUT2D eigenvalue weighted by molar-refractivity contribution is 7.17. The predicted octanol–water partition coefficient (Wildman–Crippen LogP) is 3.78. The number of aryl methyl sites for hydroxylation is 1. The standard InChI is InChI=1S/C25H25N5O2S/c1-16-15-33-23-18(13-17-6-8-19(9-7-17)30-12-4-11-27-30)14-21(28-22(16)23)25(32)29-20-5-2-3-10-26-24(20)31/h4,6-9,11-12,14-15,20H,2-3,5,10,13H2,1H3,(H,26,31)(H,29,32). The van der Waals surface area contributed by atoms with Crippen molar-refractivity contribution in [2.75, 3.05) is 6.54 Å². The van der Waals surface area contributed by atoms with Gasteiger partial charge in [-0.05, 0) is 78.9 Å². The van der Waals surface area contributed by atoms with Crippen LogP contribution in [-0.2, 0) is 11.2 Å². The Morgan fingerprint density at radius 3 is 2.91 bits per heavy atom. The highest BCUT2D eigenvalue weighted by atomic mass is 32.1. The number of benzene rings is 1. The zero-order valence-electron chi connectivity index (χ0n) is 18.4. The monoisotopic (exact) mass is 459 g/mol. The molecule has 4 heterocycles. The van der Waals surface area contributed by atoms with Crippen LogP contribution in [0.4, 0.5) is 0 Å². The third-order valence-electron chi connectivity index (χ3n) is 5.95. The van der Waals surface area contributed by atoms with Gasteiger partial charge in [0.25, 0.3) is 5.91 Å². The first-order valence-electron chi connectivity index (χ1n) is 11.1. The predicted molar refractivity (Wildman–Crippen MR) is 129 cm³/mol. The molecule has 0 saturated carbocycles. The largest absolute Gasteiger partial charge is 0.354 e. The minimum atomic E-state index is -0.514. The Bertz CT molecular complexity index is 1290. The van der Waals surface area contributed by atoms with Gasteiger partial charge >= 0.3 is 0 Å². The van der Waals surface area contributed by atoms with Gasteiger partial charge in [-0.3, -0.25) is 9.59 Å². The number of pyridine rings is 1. The molecule has 33 heavy (non-hydrogen) atoms. The first-order valence-corrected chi connectivity index (χ1v) is 12.0. The Hall–Kier alpha value is -3.52. The lowest BCUT2D eigenvalue weighted by atomic mass is 10.0. The fourth-order valence-electron chi connectivity index (χ4n) is 4.15. The number of carbonyl (C=O) groups excluding carboxylic acids is 2. The van der Waals surface area contributed by atoms with Gasteiger partial charge in [0, 0.05) is 18.9 Å². The van der Waals surface area contributed by atoms with Crippen molar-refractivity contribution in [2.45, 2.75) is 38.6 Å². The number of amides is 2. The number of hydrogen-bond donors (Lipinski definition) is 2. The molecule has 1 aromatic carbocycles. The van der Waals surface area contributed by atoms with E-state index >= 15 is 0 Å². The maximum absolute atomic E-state index is 13.1.